The molecule has 0 aliphatic carbocycles. The molecule has 3 heteroatoms. The Morgan fingerprint density at radius 1 is 1.38 bits per heavy atom. The molecule has 88 valence electrons. The summed E-state index contributed by atoms with van der Waals surface area (Å²) >= 11 is 0. The molecule has 0 amide bonds. The van der Waals surface area contributed by atoms with Crippen LogP contribution in [-0.4, -0.2) is 24.4 Å². The molecule has 1 heterocycles. The largest absolute Gasteiger partial charge is 0.488 e. The number of aliphatic hydroxyl groups is 1. The van der Waals surface area contributed by atoms with Crippen molar-refractivity contribution < 1.29 is 14.6 Å². The van der Waals surface area contributed by atoms with Gasteiger partial charge in [-0.1, -0.05) is 18.2 Å². The normalized spacial score (nSPS) is 21.1. The lowest BCUT2D eigenvalue weighted by Crippen LogP contribution is -2.21. The van der Waals surface area contributed by atoms with Gasteiger partial charge in [0.1, 0.15) is 11.9 Å². The molecule has 0 saturated carbocycles. The van der Waals surface area contributed by atoms with Crippen molar-refractivity contribution >= 4 is 0 Å². The predicted octanol–water partition coefficient (Wildman–Crippen LogP) is 2.08. The van der Waals surface area contributed by atoms with E-state index >= 15 is 0 Å². The van der Waals surface area contributed by atoms with Gasteiger partial charge in [0, 0.05) is 12.0 Å². The van der Waals surface area contributed by atoms with E-state index in [2.05, 4.69) is 0 Å². The summed E-state index contributed by atoms with van der Waals surface area (Å²) in [6, 6.07) is 7.61. The Morgan fingerprint density at radius 3 is 2.75 bits per heavy atom. The van der Waals surface area contributed by atoms with Crippen LogP contribution in [0, 0.1) is 0 Å². The standard InChI is InChI=1S/C13H18O3/c1-13(2,14)11-5-3-4-6-12(11)16-10-7-8-15-9-10/h3-6,10,14H,7-9H2,1-2H3. The second kappa shape index (κ2) is 4.44. The first kappa shape index (κ1) is 11.4. The quantitative estimate of drug-likeness (QED) is 0.851. The van der Waals surface area contributed by atoms with Gasteiger partial charge in [-0.25, -0.2) is 0 Å². The van der Waals surface area contributed by atoms with Crippen molar-refractivity contribution in [3.8, 4) is 5.75 Å². The maximum absolute atomic E-state index is 10.0. The highest BCUT2D eigenvalue weighted by Crippen LogP contribution is 2.30. The Balaban J connectivity index is 2.19. The third kappa shape index (κ3) is 2.54. The van der Waals surface area contributed by atoms with E-state index in [0.29, 0.717) is 6.61 Å². The lowest BCUT2D eigenvalue weighted by atomic mass is 9.97. The molecule has 1 aliphatic rings. The zero-order valence-corrected chi connectivity index (χ0v) is 9.77. The Labute approximate surface area is 96.0 Å². The van der Waals surface area contributed by atoms with Crippen LogP contribution in [0.3, 0.4) is 0 Å². The smallest absolute Gasteiger partial charge is 0.125 e. The van der Waals surface area contributed by atoms with Gasteiger partial charge in [-0.15, -0.1) is 0 Å². The van der Waals surface area contributed by atoms with Crippen LogP contribution in [-0.2, 0) is 10.3 Å². The van der Waals surface area contributed by atoms with Gasteiger partial charge in [0.2, 0.25) is 0 Å². The number of hydrogen-bond acceptors (Lipinski definition) is 3. The minimum absolute atomic E-state index is 0.114. The molecule has 1 aromatic carbocycles. The molecule has 16 heavy (non-hydrogen) atoms. The molecular formula is C13H18O3. The van der Waals surface area contributed by atoms with Gasteiger partial charge in [-0.3, -0.25) is 0 Å². The number of rotatable bonds is 3. The maximum Gasteiger partial charge on any atom is 0.125 e. The summed E-state index contributed by atoms with van der Waals surface area (Å²) in [7, 11) is 0. The van der Waals surface area contributed by atoms with Gasteiger partial charge in [-0.2, -0.15) is 0 Å². The molecule has 0 spiro atoms. The first-order valence-electron chi connectivity index (χ1n) is 5.63. The van der Waals surface area contributed by atoms with E-state index in [1.54, 1.807) is 13.8 Å². The van der Waals surface area contributed by atoms with Gasteiger partial charge in [-0.05, 0) is 19.9 Å². The molecular weight excluding hydrogens is 204 g/mol. The molecule has 1 aromatic rings. The van der Waals surface area contributed by atoms with Crippen molar-refractivity contribution in [3.63, 3.8) is 0 Å². The van der Waals surface area contributed by atoms with E-state index in [0.717, 1.165) is 24.3 Å². The second-order valence-electron chi connectivity index (χ2n) is 4.66. The molecule has 1 unspecified atom stereocenters. The van der Waals surface area contributed by atoms with Crippen molar-refractivity contribution in [2.75, 3.05) is 13.2 Å². The van der Waals surface area contributed by atoms with E-state index in [1.165, 1.54) is 0 Å². The summed E-state index contributed by atoms with van der Waals surface area (Å²) in [5, 5.41) is 10.0. The van der Waals surface area contributed by atoms with Gasteiger partial charge in [0.25, 0.3) is 0 Å². The Hall–Kier alpha value is -1.06. The first-order chi connectivity index (χ1) is 7.57. The van der Waals surface area contributed by atoms with Crippen LogP contribution in [0.1, 0.15) is 25.8 Å². The minimum atomic E-state index is -0.879. The first-order valence-corrected chi connectivity index (χ1v) is 5.63. The predicted molar refractivity (Wildman–Crippen MR) is 61.5 cm³/mol. The molecule has 1 saturated heterocycles. The summed E-state index contributed by atoms with van der Waals surface area (Å²) in [5.74, 6) is 0.755. The molecule has 2 rings (SSSR count). The van der Waals surface area contributed by atoms with Gasteiger partial charge in [0.15, 0.2) is 0 Å². The summed E-state index contributed by atoms with van der Waals surface area (Å²) in [6.07, 6.45) is 1.03. The van der Waals surface area contributed by atoms with Crippen LogP contribution in [0.5, 0.6) is 5.75 Å². The highest BCUT2D eigenvalue weighted by molar-refractivity contribution is 5.37. The van der Waals surface area contributed by atoms with Crippen LogP contribution >= 0.6 is 0 Å². The third-order valence-corrected chi connectivity index (χ3v) is 2.73. The fraction of sp³-hybridized carbons (Fsp3) is 0.538. The summed E-state index contributed by atoms with van der Waals surface area (Å²) in [4.78, 5) is 0. The van der Waals surface area contributed by atoms with Crippen molar-refractivity contribution in [3.05, 3.63) is 29.8 Å². The van der Waals surface area contributed by atoms with Crippen LogP contribution in [0.2, 0.25) is 0 Å². The average Bonchev–Trinajstić information content (AvgIpc) is 2.70. The highest BCUT2D eigenvalue weighted by atomic mass is 16.5. The number of para-hydroxylation sites is 1. The monoisotopic (exact) mass is 222 g/mol. The van der Waals surface area contributed by atoms with E-state index in [9.17, 15) is 5.11 Å². The van der Waals surface area contributed by atoms with Gasteiger partial charge >= 0.3 is 0 Å². The van der Waals surface area contributed by atoms with E-state index in [1.807, 2.05) is 24.3 Å². The average molecular weight is 222 g/mol. The fourth-order valence-electron chi connectivity index (χ4n) is 1.86. The van der Waals surface area contributed by atoms with Crippen molar-refractivity contribution in [2.24, 2.45) is 0 Å². The van der Waals surface area contributed by atoms with Crippen LogP contribution in [0.4, 0.5) is 0 Å². The van der Waals surface area contributed by atoms with Crippen molar-refractivity contribution in [1.82, 2.24) is 0 Å². The lowest BCUT2D eigenvalue weighted by molar-refractivity contribution is 0.0708. The molecule has 1 atom stereocenters. The Kier molecular flexibility index (Phi) is 3.17. The van der Waals surface area contributed by atoms with Crippen molar-refractivity contribution in [2.45, 2.75) is 32.0 Å². The minimum Gasteiger partial charge on any atom is -0.488 e. The highest BCUT2D eigenvalue weighted by Gasteiger charge is 2.24. The van der Waals surface area contributed by atoms with E-state index < -0.39 is 5.60 Å². The molecule has 0 aromatic heterocycles. The number of hydrogen-bond donors (Lipinski definition) is 1. The van der Waals surface area contributed by atoms with Gasteiger partial charge in [0.05, 0.1) is 18.8 Å². The van der Waals surface area contributed by atoms with E-state index in [4.69, 9.17) is 9.47 Å². The SMILES string of the molecule is CC(C)(O)c1ccccc1OC1CCOC1. The third-order valence-electron chi connectivity index (χ3n) is 2.73. The zero-order chi connectivity index (χ0) is 11.6. The molecule has 1 N–H and O–H groups in total. The Morgan fingerprint density at radius 2 is 2.12 bits per heavy atom. The lowest BCUT2D eigenvalue weighted by Gasteiger charge is -2.23. The molecule has 0 bridgehead atoms. The summed E-state index contributed by atoms with van der Waals surface area (Å²) < 4.78 is 11.1. The van der Waals surface area contributed by atoms with Gasteiger partial charge < -0.3 is 14.6 Å². The molecule has 3 nitrogen and oxygen atoms in total. The molecule has 1 aliphatic heterocycles. The molecule has 1 fully saturated rings. The second-order valence-corrected chi connectivity index (χ2v) is 4.66. The summed E-state index contributed by atoms with van der Waals surface area (Å²) in [6.45, 7) is 4.93. The Bertz CT molecular complexity index is 348. The summed E-state index contributed by atoms with van der Waals surface area (Å²) in [5.41, 5.74) is -0.0577. The fourth-order valence-corrected chi connectivity index (χ4v) is 1.86. The van der Waals surface area contributed by atoms with Crippen LogP contribution in [0.25, 0.3) is 0 Å². The van der Waals surface area contributed by atoms with E-state index in [-0.39, 0.29) is 6.10 Å². The number of ether oxygens (including phenoxy) is 2. The number of benzene rings is 1. The van der Waals surface area contributed by atoms with Crippen LogP contribution < -0.4 is 4.74 Å². The van der Waals surface area contributed by atoms with Crippen molar-refractivity contribution in [1.29, 1.82) is 0 Å². The molecule has 0 radical (unpaired) electrons. The topological polar surface area (TPSA) is 38.7 Å². The maximum atomic E-state index is 10.0. The zero-order valence-electron chi connectivity index (χ0n) is 9.77. The van der Waals surface area contributed by atoms with Crippen LogP contribution in [0.15, 0.2) is 24.3 Å².